The molecule has 2 aromatic heterocycles. The van der Waals surface area contributed by atoms with Gasteiger partial charge in [0.25, 0.3) is 0 Å². The zero-order chi connectivity index (χ0) is 24.9. The maximum Gasteiger partial charge on any atom is 0.163 e. The zero-order valence-corrected chi connectivity index (χ0v) is 21.3. The molecule has 1 fully saturated rings. The second kappa shape index (κ2) is 11.3. The molecule has 3 aromatic rings. The average Bonchev–Trinajstić information content (AvgIpc) is 3.48. The van der Waals surface area contributed by atoms with Crippen molar-refractivity contribution in [2.75, 3.05) is 45.3 Å². The topological polar surface area (TPSA) is 115 Å². The van der Waals surface area contributed by atoms with Crippen molar-refractivity contribution in [1.29, 1.82) is 0 Å². The Morgan fingerprint density at radius 2 is 2.09 bits per heavy atom. The number of halogens is 1. The molecule has 3 N–H and O–H groups in total. The van der Waals surface area contributed by atoms with Crippen LogP contribution in [0.2, 0.25) is 5.02 Å². The van der Waals surface area contributed by atoms with Crippen molar-refractivity contribution < 1.29 is 19.1 Å². The van der Waals surface area contributed by atoms with Gasteiger partial charge in [-0.25, -0.2) is 9.97 Å². The van der Waals surface area contributed by atoms with E-state index in [4.69, 9.17) is 35.6 Å². The fourth-order valence-electron chi connectivity index (χ4n) is 4.11. The van der Waals surface area contributed by atoms with E-state index in [1.807, 2.05) is 20.8 Å². The van der Waals surface area contributed by atoms with Crippen molar-refractivity contribution in [3.05, 3.63) is 40.2 Å². The highest BCUT2D eigenvalue weighted by Gasteiger charge is 2.22. The Kier molecular flexibility index (Phi) is 8.22. The molecule has 9 nitrogen and oxygen atoms in total. The van der Waals surface area contributed by atoms with E-state index in [0.29, 0.717) is 40.4 Å². The lowest BCUT2D eigenvalue weighted by Gasteiger charge is -2.17. The number of aromatic nitrogens is 3. The fraction of sp³-hybridized carbons (Fsp3) is 0.480. The highest BCUT2D eigenvalue weighted by Crippen LogP contribution is 2.36. The number of hydrogen-bond donors (Lipinski definition) is 3. The maximum atomic E-state index is 9.99. The van der Waals surface area contributed by atoms with E-state index < -0.39 is 6.10 Å². The van der Waals surface area contributed by atoms with E-state index >= 15 is 0 Å². The molecular formula is C25H32ClN5O4. The van der Waals surface area contributed by atoms with E-state index in [1.165, 1.54) is 0 Å². The van der Waals surface area contributed by atoms with Gasteiger partial charge in [-0.1, -0.05) is 16.8 Å². The highest BCUT2D eigenvalue weighted by molar-refractivity contribution is 6.33. The maximum absolute atomic E-state index is 9.99. The first kappa shape index (κ1) is 25.4. The smallest absolute Gasteiger partial charge is 0.163 e. The van der Waals surface area contributed by atoms with Gasteiger partial charge < -0.3 is 29.7 Å². The second-order valence-electron chi connectivity index (χ2n) is 8.84. The van der Waals surface area contributed by atoms with Gasteiger partial charge in [0.15, 0.2) is 5.82 Å². The summed E-state index contributed by atoms with van der Waals surface area (Å²) in [6.45, 7) is 8.62. The Morgan fingerprint density at radius 3 is 2.77 bits per heavy atom. The van der Waals surface area contributed by atoms with Crippen LogP contribution in [0.3, 0.4) is 0 Å². The second-order valence-corrected chi connectivity index (χ2v) is 9.25. The molecule has 1 aliphatic rings. The summed E-state index contributed by atoms with van der Waals surface area (Å²) in [6, 6.07) is 5.31. The molecule has 0 bridgehead atoms. The molecule has 1 saturated heterocycles. The number of nitrogens with one attached hydrogen (secondary N) is 2. The van der Waals surface area contributed by atoms with Crippen molar-refractivity contribution in [3.8, 4) is 28.4 Å². The van der Waals surface area contributed by atoms with Gasteiger partial charge in [0.05, 0.1) is 28.6 Å². The Balaban J connectivity index is 1.72. The molecule has 4 rings (SSSR count). The molecule has 0 radical (unpaired) electrons. The fourth-order valence-corrected chi connectivity index (χ4v) is 4.31. The van der Waals surface area contributed by atoms with Gasteiger partial charge in [0.2, 0.25) is 0 Å². The molecule has 1 aromatic carbocycles. The summed E-state index contributed by atoms with van der Waals surface area (Å²) in [7, 11) is 1.78. The summed E-state index contributed by atoms with van der Waals surface area (Å²) < 4.78 is 16.7. The number of aliphatic hydroxyl groups excluding tert-OH is 1. The van der Waals surface area contributed by atoms with Crippen LogP contribution in [0.1, 0.15) is 23.4 Å². The van der Waals surface area contributed by atoms with Gasteiger partial charge in [-0.2, -0.15) is 0 Å². The normalized spacial score (nSPS) is 16.5. The standard InChI is InChI=1S/C25H32ClN5O4/c1-14-23(22-15(2)31-35-16(22)3)29-25(30-24(14)28-10-17-7-8-33-12-17)20-9-19(5-6-21(20)26)34-13-18(32)11-27-4/h5-6,9,17-18,27,32H,7-8,10-13H2,1-4H3,(H,28,29,30)/t17-,18-/m1/s1. The van der Waals surface area contributed by atoms with Crippen molar-refractivity contribution in [1.82, 2.24) is 20.4 Å². The van der Waals surface area contributed by atoms with Gasteiger partial charge >= 0.3 is 0 Å². The average molecular weight is 502 g/mol. The summed E-state index contributed by atoms with van der Waals surface area (Å²) in [5, 5.41) is 21.0. The predicted octanol–water partition coefficient (Wildman–Crippen LogP) is 3.78. The van der Waals surface area contributed by atoms with E-state index in [9.17, 15) is 5.11 Å². The molecule has 1 aliphatic heterocycles. The predicted molar refractivity (Wildman–Crippen MR) is 135 cm³/mol. The summed E-state index contributed by atoms with van der Waals surface area (Å²) >= 11 is 6.59. The van der Waals surface area contributed by atoms with Crippen LogP contribution in [0.5, 0.6) is 5.75 Å². The van der Waals surface area contributed by atoms with Crippen LogP contribution in [0.25, 0.3) is 22.6 Å². The zero-order valence-electron chi connectivity index (χ0n) is 20.5. The monoisotopic (exact) mass is 501 g/mol. The van der Waals surface area contributed by atoms with E-state index in [0.717, 1.165) is 54.5 Å². The molecule has 0 unspecified atom stereocenters. The number of rotatable bonds is 10. The number of nitrogens with zero attached hydrogens (tertiary/aromatic N) is 3. The summed E-state index contributed by atoms with van der Waals surface area (Å²) in [6.07, 6.45) is 0.391. The number of likely N-dealkylation sites (N-methyl/N-ethyl adjacent to an activating group) is 1. The molecule has 0 saturated carbocycles. The molecule has 2 atom stereocenters. The van der Waals surface area contributed by atoms with Crippen LogP contribution >= 0.6 is 11.6 Å². The largest absolute Gasteiger partial charge is 0.491 e. The van der Waals surface area contributed by atoms with Crippen LogP contribution in [0.15, 0.2) is 22.7 Å². The third kappa shape index (κ3) is 5.92. The lowest BCUT2D eigenvalue weighted by atomic mass is 10.0. The van der Waals surface area contributed by atoms with Crippen molar-refractivity contribution >= 4 is 17.4 Å². The lowest BCUT2D eigenvalue weighted by Crippen LogP contribution is -2.29. The first-order valence-corrected chi connectivity index (χ1v) is 12.1. The quantitative estimate of drug-likeness (QED) is 0.381. The SMILES string of the molecule is CNC[C@@H](O)COc1ccc(Cl)c(-c2nc(NC[C@H]3CCOC3)c(C)c(-c3c(C)noc3C)n2)c1. The van der Waals surface area contributed by atoms with Crippen LogP contribution in [-0.4, -0.2) is 66.3 Å². The lowest BCUT2D eigenvalue weighted by molar-refractivity contribution is 0.108. The van der Waals surface area contributed by atoms with Crippen LogP contribution < -0.4 is 15.4 Å². The minimum absolute atomic E-state index is 0.150. The third-order valence-electron chi connectivity index (χ3n) is 6.06. The van der Waals surface area contributed by atoms with Gasteiger partial charge in [-0.15, -0.1) is 0 Å². The first-order valence-electron chi connectivity index (χ1n) is 11.8. The Bertz CT molecular complexity index is 1140. The van der Waals surface area contributed by atoms with Crippen LogP contribution in [0, 0.1) is 26.7 Å². The molecule has 35 heavy (non-hydrogen) atoms. The molecule has 0 aliphatic carbocycles. The third-order valence-corrected chi connectivity index (χ3v) is 6.39. The first-order chi connectivity index (χ1) is 16.9. The van der Waals surface area contributed by atoms with Gasteiger partial charge in [-0.05, 0) is 52.4 Å². The van der Waals surface area contributed by atoms with Gasteiger partial charge in [0, 0.05) is 36.7 Å². The summed E-state index contributed by atoms with van der Waals surface area (Å²) in [5.74, 6) is 2.87. The van der Waals surface area contributed by atoms with Crippen molar-refractivity contribution in [3.63, 3.8) is 0 Å². The van der Waals surface area contributed by atoms with Crippen LogP contribution in [-0.2, 0) is 4.74 Å². The van der Waals surface area contributed by atoms with E-state index in [-0.39, 0.29) is 6.61 Å². The highest BCUT2D eigenvalue weighted by atomic mass is 35.5. The van der Waals surface area contributed by atoms with Crippen molar-refractivity contribution in [2.45, 2.75) is 33.3 Å². The molecule has 10 heteroatoms. The number of aliphatic hydroxyl groups is 1. The summed E-state index contributed by atoms with van der Waals surface area (Å²) in [4.78, 5) is 9.75. The van der Waals surface area contributed by atoms with E-state index in [2.05, 4.69) is 15.8 Å². The molecule has 188 valence electrons. The number of aryl methyl sites for hydroxylation is 2. The molecule has 0 spiro atoms. The number of ether oxygens (including phenoxy) is 2. The summed E-state index contributed by atoms with van der Waals surface area (Å²) in [5.41, 5.74) is 3.88. The van der Waals surface area contributed by atoms with Crippen LogP contribution in [0.4, 0.5) is 5.82 Å². The minimum atomic E-state index is -0.628. The van der Waals surface area contributed by atoms with Gasteiger partial charge in [0.1, 0.15) is 30.0 Å². The molecule has 3 heterocycles. The Morgan fingerprint density at radius 1 is 1.26 bits per heavy atom. The van der Waals surface area contributed by atoms with Crippen molar-refractivity contribution in [2.24, 2.45) is 5.92 Å². The molecule has 0 amide bonds. The Hall–Kier alpha value is -2.72. The van der Waals surface area contributed by atoms with Gasteiger partial charge in [-0.3, -0.25) is 0 Å². The number of benzene rings is 1. The number of anilines is 1. The minimum Gasteiger partial charge on any atom is -0.491 e. The Labute approximate surface area is 210 Å². The molecular weight excluding hydrogens is 470 g/mol. The number of hydrogen-bond acceptors (Lipinski definition) is 9. The van der Waals surface area contributed by atoms with E-state index in [1.54, 1.807) is 25.2 Å².